The van der Waals surface area contributed by atoms with Crippen molar-refractivity contribution in [2.75, 3.05) is 5.43 Å². The SMILES string of the molecule is NNc1ccc(Cl)c(COCc2ccco2)n1. The third kappa shape index (κ3) is 3.20. The smallest absolute Gasteiger partial charge is 0.140 e. The van der Waals surface area contributed by atoms with Crippen LogP contribution in [0.5, 0.6) is 0 Å². The van der Waals surface area contributed by atoms with E-state index in [-0.39, 0.29) is 0 Å². The molecule has 0 aliphatic carbocycles. The van der Waals surface area contributed by atoms with Gasteiger partial charge in [0.15, 0.2) is 0 Å². The Bertz CT molecular complexity index is 474. The highest BCUT2D eigenvalue weighted by atomic mass is 35.5. The van der Waals surface area contributed by atoms with Crippen LogP contribution >= 0.6 is 11.6 Å². The molecule has 0 saturated carbocycles. The second-order valence-corrected chi connectivity index (χ2v) is 3.75. The van der Waals surface area contributed by atoms with Crippen LogP contribution in [0.15, 0.2) is 34.9 Å². The third-order valence-corrected chi connectivity index (χ3v) is 2.47. The molecule has 17 heavy (non-hydrogen) atoms. The second kappa shape index (κ2) is 5.67. The number of rotatable bonds is 5. The maximum atomic E-state index is 5.98. The number of nitrogens with zero attached hydrogens (tertiary/aromatic N) is 1. The molecule has 0 aliphatic rings. The maximum Gasteiger partial charge on any atom is 0.140 e. The van der Waals surface area contributed by atoms with Gasteiger partial charge in [0.2, 0.25) is 0 Å². The van der Waals surface area contributed by atoms with E-state index >= 15 is 0 Å². The van der Waals surface area contributed by atoms with E-state index in [1.807, 2.05) is 12.1 Å². The molecule has 0 spiro atoms. The molecule has 2 heterocycles. The molecule has 0 bridgehead atoms. The number of furan rings is 1. The van der Waals surface area contributed by atoms with E-state index in [4.69, 9.17) is 26.6 Å². The molecule has 0 unspecified atom stereocenters. The first-order valence-electron chi connectivity index (χ1n) is 5.02. The fourth-order valence-electron chi connectivity index (χ4n) is 1.31. The van der Waals surface area contributed by atoms with Crippen LogP contribution in [-0.2, 0) is 18.0 Å². The zero-order chi connectivity index (χ0) is 12.1. The molecule has 0 aliphatic heterocycles. The molecular weight excluding hydrogens is 242 g/mol. The zero-order valence-electron chi connectivity index (χ0n) is 9.02. The van der Waals surface area contributed by atoms with E-state index in [0.717, 1.165) is 5.76 Å². The quantitative estimate of drug-likeness (QED) is 0.632. The predicted molar refractivity (Wildman–Crippen MR) is 64.3 cm³/mol. The lowest BCUT2D eigenvalue weighted by Crippen LogP contribution is -2.09. The molecule has 2 aromatic heterocycles. The van der Waals surface area contributed by atoms with Crippen molar-refractivity contribution in [3.63, 3.8) is 0 Å². The molecule has 0 amide bonds. The molecule has 2 aromatic rings. The number of pyridine rings is 1. The average molecular weight is 254 g/mol. The van der Waals surface area contributed by atoms with Gasteiger partial charge in [0.05, 0.1) is 23.6 Å². The summed E-state index contributed by atoms with van der Waals surface area (Å²) >= 11 is 5.98. The van der Waals surface area contributed by atoms with Crippen molar-refractivity contribution in [2.24, 2.45) is 5.84 Å². The highest BCUT2D eigenvalue weighted by Gasteiger charge is 2.04. The predicted octanol–water partition coefficient (Wildman–Crippen LogP) is 2.33. The number of aromatic nitrogens is 1. The number of hydrogen-bond acceptors (Lipinski definition) is 5. The number of nitrogens with two attached hydrogens (primary N) is 1. The van der Waals surface area contributed by atoms with Gasteiger partial charge < -0.3 is 14.6 Å². The van der Waals surface area contributed by atoms with Crippen molar-refractivity contribution in [2.45, 2.75) is 13.2 Å². The summed E-state index contributed by atoms with van der Waals surface area (Å²) in [5.41, 5.74) is 3.09. The summed E-state index contributed by atoms with van der Waals surface area (Å²) in [6.45, 7) is 0.681. The van der Waals surface area contributed by atoms with Gasteiger partial charge >= 0.3 is 0 Å². The molecule has 3 N–H and O–H groups in total. The largest absolute Gasteiger partial charge is 0.467 e. The maximum absolute atomic E-state index is 5.98. The highest BCUT2D eigenvalue weighted by Crippen LogP contribution is 2.17. The van der Waals surface area contributed by atoms with Gasteiger partial charge in [0, 0.05) is 0 Å². The number of ether oxygens (including phenoxy) is 1. The Hall–Kier alpha value is -1.56. The molecular formula is C11H12ClN3O2. The van der Waals surface area contributed by atoms with E-state index in [0.29, 0.717) is 29.7 Å². The Kier molecular flexibility index (Phi) is 3.98. The minimum absolute atomic E-state index is 0.301. The van der Waals surface area contributed by atoms with Crippen LogP contribution in [0.3, 0.4) is 0 Å². The van der Waals surface area contributed by atoms with Gasteiger partial charge in [0.1, 0.15) is 18.2 Å². The number of hydrazine groups is 1. The van der Waals surface area contributed by atoms with Gasteiger partial charge in [0.25, 0.3) is 0 Å². The lowest BCUT2D eigenvalue weighted by Gasteiger charge is -2.06. The first-order chi connectivity index (χ1) is 8.29. The Balaban J connectivity index is 1.94. The average Bonchev–Trinajstić information content (AvgIpc) is 2.84. The first-order valence-corrected chi connectivity index (χ1v) is 5.39. The van der Waals surface area contributed by atoms with Gasteiger partial charge in [-0.3, -0.25) is 0 Å². The third-order valence-electron chi connectivity index (χ3n) is 2.13. The minimum atomic E-state index is 0.301. The molecule has 6 heteroatoms. The van der Waals surface area contributed by atoms with E-state index < -0.39 is 0 Å². The van der Waals surface area contributed by atoms with Crippen LogP contribution in [0.4, 0.5) is 5.82 Å². The molecule has 0 radical (unpaired) electrons. The second-order valence-electron chi connectivity index (χ2n) is 3.34. The van der Waals surface area contributed by atoms with Crippen LogP contribution in [0.1, 0.15) is 11.5 Å². The van der Waals surface area contributed by atoms with Crippen LogP contribution < -0.4 is 11.3 Å². The number of hydrogen-bond donors (Lipinski definition) is 2. The van der Waals surface area contributed by atoms with Crippen molar-refractivity contribution in [1.29, 1.82) is 0 Å². The van der Waals surface area contributed by atoms with Gasteiger partial charge in [-0.25, -0.2) is 10.8 Å². The van der Waals surface area contributed by atoms with E-state index in [1.165, 1.54) is 0 Å². The normalized spacial score (nSPS) is 10.5. The molecule has 2 rings (SSSR count). The molecule has 5 nitrogen and oxygen atoms in total. The van der Waals surface area contributed by atoms with Gasteiger partial charge in [-0.2, -0.15) is 0 Å². The van der Waals surface area contributed by atoms with Crippen molar-refractivity contribution in [3.05, 3.63) is 47.0 Å². The van der Waals surface area contributed by atoms with E-state index in [1.54, 1.807) is 18.4 Å². The van der Waals surface area contributed by atoms with Gasteiger partial charge in [-0.15, -0.1) is 0 Å². The van der Waals surface area contributed by atoms with Crippen molar-refractivity contribution in [3.8, 4) is 0 Å². The summed E-state index contributed by atoms with van der Waals surface area (Å²) in [7, 11) is 0. The number of halogens is 1. The Labute approximate surface area is 104 Å². The molecule has 90 valence electrons. The summed E-state index contributed by atoms with van der Waals surface area (Å²) in [6.07, 6.45) is 1.60. The summed E-state index contributed by atoms with van der Waals surface area (Å²) < 4.78 is 10.6. The summed E-state index contributed by atoms with van der Waals surface area (Å²) in [6, 6.07) is 7.06. The van der Waals surface area contributed by atoms with Crippen LogP contribution in [-0.4, -0.2) is 4.98 Å². The van der Waals surface area contributed by atoms with Crippen LogP contribution in [0.2, 0.25) is 5.02 Å². The van der Waals surface area contributed by atoms with Crippen LogP contribution in [0, 0.1) is 0 Å². The first kappa shape index (κ1) is 11.9. The number of anilines is 1. The number of nitrogen functional groups attached to an aromatic ring is 1. The highest BCUT2D eigenvalue weighted by molar-refractivity contribution is 6.31. The van der Waals surface area contributed by atoms with Gasteiger partial charge in [-0.05, 0) is 24.3 Å². The van der Waals surface area contributed by atoms with Gasteiger partial charge in [-0.1, -0.05) is 11.6 Å². The Morgan fingerprint density at radius 3 is 2.94 bits per heavy atom. The molecule has 0 fully saturated rings. The van der Waals surface area contributed by atoms with Crippen molar-refractivity contribution >= 4 is 17.4 Å². The topological polar surface area (TPSA) is 73.3 Å². The summed E-state index contributed by atoms with van der Waals surface area (Å²) in [5, 5.41) is 0.545. The van der Waals surface area contributed by atoms with E-state index in [9.17, 15) is 0 Å². The molecule has 0 saturated heterocycles. The fourth-order valence-corrected chi connectivity index (χ4v) is 1.47. The summed E-state index contributed by atoms with van der Waals surface area (Å²) in [4.78, 5) is 4.19. The zero-order valence-corrected chi connectivity index (χ0v) is 9.78. The molecule has 0 atom stereocenters. The Morgan fingerprint density at radius 1 is 1.35 bits per heavy atom. The molecule has 0 aromatic carbocycles. The van der Waals surface area contributed by atoms with Crippen molar-refractivity contribution < 1.29 is 9.15 Å². The minimum Gasteiger partial charge on any atom is -0.467 e. The van der Waals surface area contributed by atoms with E-state index in [2.05, 4.69) is 10.4 Å². The monoisotopic (exact) mass is 253 g/mol. The summed E-state index contributed by atoms with van der Waals surface area (Å²) in [5.74, 6) is 6.57. The standard InChI is InChI=1S/C11H12ClN3O2/c12-9-3-4-11(15-13)14-10(9)7-16-6-8-2-1-5-17-8/h1-5H,6-7,13H2,(H,14,15). The lowest BCUT2D eigenvalue weighted by atomic mass is 10.3. The number of nitrogens with one attached hydrogen (secondary N) is 1. The van der Waals surface area contributed by atoms with Crippen molar-refractivity contribution in [1.82, 2.24) is 4.98 Å². The Morgan fingerprint density at radius 2 is 2.24 bits per heavy atom. The lowest BCUT2D eigenvalue weighted by molar-refractivity contribution is 0.0908. The van der Waals surface area contributed by atoms with Crippen LogP contribution in [0.25, 0.3) is 0 Å². The fraction of sp³-hybridized carbons (Fsp3) is 0.182.